The van der Waals surface area contributed by atoms with Crippen LogP contribution in [0.15, 0.2) is 35.5 Å². The fourth-order valence-electron chi connectivity index (χ4n) is 2.43. The summed E-state index contributed by atoms with van der Waals surface area (Å²) in [7, 11) is 3.42. The molecule has 0 spiro atoms. The number of aryl methyl sites for hydroxylation is 1. The lowest BCUT2D eigenvalue weighted by Crippen LogP contribution is -2.37. The molecule has 0 radical (unpaired) electrons. The molecule has 0 aliphatic rings. The Hall–Kier alpha value is -2.70. The molecule has 1 aromatic carbocycles. The number of hydrogen-bond acceptors (Lipinski definition) is 4. The second-order valence-corrected chi connectivity index (χ2v) is 5.46. The normalized spacial score (nSPS) is 11.2. The van der Waals surface area contributed by atoms with Crippen molar-refractivity contribution in [2.75, 3.05) is 27.3 Å². The number of H-pyrrole nitrogens is 1. The molecule has 0 saturated heterocycles. The first-order chi connectivity index (χ1) is 12.3. The summed E-state index contributed by atoms with van der Waals surface area (Å²) >= 11 is 0. The maximum atomic E-state index is 5.62. The lowest BCUT2D eigenvalue weighted by Gasteiger charge is -2.12. The van der Waals surface area contributed by atoms with E-state index in [-0.39, 0.29) is 0 Å². The van der Waals surface area contributed by atoms with Crippen LogP contribution in [0.3, 0.4) is 0 Å². The lowest BCUT2D eigenvalue weighted by atomic mass is 10.1. The van der Waals surface area contributed by atoms with E-state index in [1.807, 2.05) is 25.1 Å². The van der Waals surface area contributed by atoms with Gasteiger partial charge in [0.25, 0.3) is 0 Å². The number of aromatic nitrogens is 2. The first-order valence-electron chi connectivity index (χ1n) is 8.49. The van der Waals surface area contributed by atoms with Crippen LogP contribution in [-0.4, -0.2) is 43.5 Å². The highest BCUT2D eigenvalue weighted by Crippen LogP contribution is 2.28. The Morgan fingerprint density at radius 3 is 2.80 bits per heavy atom. The highest BCUT2D eigenvalue weighted by Gasteiger charge is 2.05. The van der Waals surface area contributed by atoms with Crippen LogP contribution in [0.1, 0.15) is 24.6 Å². The van der Waals surface area contributed by atoms with Crippen LogP contribution in [0.25, 0.3) is 0 Å². The van der Waals surface area contributed by atoms with Gasteiger partial charge in [-0.05, 0) is 43.5 Å². The minimum absolute atomic E-state index is 0.625. The molecule has 136 valence electrons. The van der Waals surface area contributed by atoms with Crippen LogP contribution >= 0.6 is 0 Å². The van der Waals surface area contributed by atoms with Crippen molar-refractivity contribution < 1.29 is 9.47 Å². The van der Waals surface area contributed by atoms with Crippen LogP contribution in [0, 0.1) is 0 Å². The topological polar surface area (TPSA) is 83.6 Å². The predicted octanol–water partition coefficient (Wildman–Crippen LogP) is 2.11. The highest BCUT2D eigenvalue weighted by molar-refractivity contribution is 5.79. The van der Waals surface area contributed by atoms with Gasteiger partial charge in [0.15, 0.2) is 17.5 Å². The third-order valence-electron chi connectivity index (χ3n) is 3.69. The standard InChI is InChI=1S/C18H27N5O2/c1-4-25-17-12-14(7-8-16(17)24-3)6-5-10-20-18(19-2)21-13-15-9-11-22-23-15/h7-9,11-12H,4-6,10,13H2,1-3H3,(H,22,23)(H2,19,20,21). The molecule has 0 aliphatic heterocycles. The minimum atomic E-state index is 0.625. The third kappa shape index (κ3) is 6.02. The van der Waals surface area contributed by atoms with Crippen molar-refractivity contribution in [3.8, 4) is 11.5 Å². The van der Waals surface area contributed by atoms with Gasteiger partial charge < -0.3 is 20.1 Å². The molecule has 1 heterocycles. The largest absolute Gasteiger partial charge is 0.493 e. The van der Waals surface area contributed by atoms with Gasteiger partial charge >= 0.3 is 0 Å². The maximum Gasteiger partial charge on any atom is 0.191 e. The molecule has 7 nitrogen and oxygen atoms in total. The molecule has 7 heteroatoms. The van der Waals surface area contributed by atoms with Crippen LogP contribution < -0.4 is 20.1 Å². The number of methoxy groups -OCH3 is 1. The summed E-state index contributed by atoms with van der Waals surface area (Å²) in [6, 6.07) is 8.01. The molecule has 1 aromatic heterocycles. The van der Waals surface area contributed by atoms with Gasteiger partial charge in [0.2, 0.25) is 0 Å². The van der Waals surface area contributed by atoms with E-state index in [0.717, 1.165) is 42.5 Å². The van der Waals surface area contributed by atoms with E-state index >= 15 is 0 Å². The van der Waals surface area contributed by atoms with E-state index in [0.29, 0.717) is 13.2 Å². The zero-order valence-electron chi connectivity index (χ0n) is 15.1. The predicted molar refractivity (Wildman–Crippen MR) is 99.3 cm³/mol. The lowest BCUT2D eigenvalue weighted by molar-refractivity contribution is 0.310. The summed E-state index contributed by atoms with van der Waals surface area (Å²) in [5.74, 6) is 2.35. The van der Waals surface area contributed by atoms with Gasteiger partial charge in [-0.25, -0.2) is 0 Å². The first-order valence-corrected chi connectivity index (χ1v) is 8.49. The maximum absolute atomic E-state index is 5.62. The van der Waals surface area contributed by atoms with Crippen molar-refractivity contribution in [2.45, 2.75) is 26.3 Å². The van der Waals surface area contributed by atoms with E-state index in [1.165, 1.54) is 5.56 Å². The first kappa shape index (κ1) is 18.6. The molecule has 2 rings (SSSR count). The van der Waals surface area contributed by atoms with Gasteiger partial charge in [0.1, 0.15) is 0 Å². The summed E-state index contributed by atoms with van der Waals surface area (Å²) in [5, 5.41) is 13.4. The average Bonchev–Trinajstić information content (AvgIpc) is 3.15. The minimum Gasteiger partial charge on any atom is -0.493 e. The third-order valence-corrected chi connectivity index (χ3v) is 3.69. The monoisotopic (exact) mass is 345 g/mol. The number of rotatable bonds is 9. The second-order valence-electron chi connectivity index (χ2n) is 5.46. The number of aromatic amines is 1. The van der Waals surface area contributed by atoms with E-state index in [4.69, 9.17) is 9.47 Å². The molecule has 25 heavy (non-hydrogen) atoms. The fraction of sp³-hybridized carbons (Fsp3) is 0.444. The Bertz CT molecular complexity index is 655. The summed E-state index contributed by atoms with van der Waals surface area (Å²) in [6.07, 6.45) is 3.68. The summed E-state index contributed by atoms with van der Waals surface area (Å²) in [6.45, 7) is 4.09. The summed E-state index contributed by atoms with van der Waals surface area (Å²) in [5.41, 5.74) is 2.25. The molecule has 0 fully saturated rings. The molecule has 0 aliphatic carbocycles. The molecule has 2 aromatic rings. The van der Waals surface area contributed by atoms with Crippen molar-refractivity contribution in [2.24, 2.45) is 4.99 Å². The number of ether oxygens (including phenoxy) is 2. The number of hydrogen-bond donors (Lipinski definition) is 3. The highest BCUT2D eigenvalue weighted by atomic mass is 16.5. The van der Waals surface area contributed by atoms with Gasteiger partial charge in [0.05, 0.1) is 26.0 Å². The second kappa shape index (κ2) is 10.2. The van der Waals surface area contributed by atoms with E-state index in [2.05, 4.69) is 31.9 Å². The Labute approximate surface area is 148 Å². The van der Waals surface area contributed by atoms with Crippen LogP contribution in [0.2, 0.25) is 0 Å². The molecule has 0 bridgehead atoms. The molecule has 3 N–H and O–H groups in total. The number of guanidine groups is 1. The van der Waals surface area contributed by atoms with Gasteiger partial charge in [-0.2, -0.15) is 5.10 Å². The van der Waals surface area contributed by atoms with Gasteiger partial charge in [-0.15, -0.1) is 0 Å². The molecule has 0 atom stereocenters. The fourth-order valence-corrected chi connectivity index (χ4v) is 2.43. The van der Waals surface area contributed by atoms with Crippen molar-refractivity contribution >= 4 is 5.96 Å². The summed E-state index contributed by atoms with van der Waals surface area (Å²) < 4.78 is 10.9. The van der Waals surface area contributed by atoms with Gasteiger partial charge in [0, 0.05) is 19.8 Å². The van der Waals surface area contributed by atoms with Crippen LogP contribution in [0.5, 0.6) is 11.5 Å². The molecular weight excluding hydrogens is 318 g/mol. The number of nitrogens with one attached hydrogen (secondary N) is 3. The average molecular weight is 345 g/mol. The molecule has 0 amide bonds. The van der Waals surface area contributed by atoms with Crippen molar-refractivity contribution in [1.29, 1.82) is 0 Å². The number of benzene rings is 1. The molecular formula is C18H27N5O2. The number of aliphatic imine (C=N–C) groups is 1. The SMILES string of the molecule is CCOc1cc(CCCNC(=NC)NCc2ccn[nH]2)ccc1OC. The van der Waals surface area contributed by atoms with Crippen molar-refractivity contribution in [3.63, 3.8) is 0 Å². The van der Waals surface area contributed by atoms with E-state index in [1.54, 1.807) is 20.4 Å². The van der Waals surface area contributed by atoms with E-state index in [9.17, 15) is 0 Å². The number of nitrogens with zero attached hydrogens (tertiary/aromatic N) is 2. The Morgan fingerprint density at radius 2 is 2.12 bits per heavy atom. The van der Waals surface area contributed by atoms with Crippen molar-refractivity contribution in [1.82, 2.24) is 20.8 Å². The van der Waals surface area contributed by atoms with Crippen molar-refractivity contribution in [3.05, 3.63) is 41.7 Å². The van der Waals surface area contributed by atoms with Gasteiger partial charge in [-0.3, -0.25) is 10.1 Å². The smallest absolute Gasteiger partial charge is 0.191 e. The van der Waals surface area contributed by atoms with E-state index < -0.39 is 0 Å². The Balaban J connectivity index is 1.75. The zero-order valence-corrected chi connectivity index (χ0v) is 15.1. The Kier molecular flexibility index (Phi) is 7.62. The van der Waals surface area contributed by atoms with Gasteiger partial charge in [-0.1, -0.05) is 6.07 Å². The zero-order chi connectivity index (χ0) is 17.9. The summed E-state index contributed by atoms with van der Waals surface area (Å²) in [4.78, 5) is 4.22. The Morgan fingerprint density at radius 1 is 1.24 bits per heavy atom. The van der Waals surface area contributed by atoms with Crippen LogP contribution in [0.4, 0.5) is 0 Å². The van der Waals surface area contributed by atoms with Crippen LogP contribution in [-0.2, 0) is 13.0 Å². The molecule has 0 unspecified atom stereocenters. The molecule has 0 saturated carbocycles. The quantitative estimate of drug-likeness (QED) is 0.368.